The maximum absolute atomic E-state index is 12.7. The SMILES string of the molecule is CS(=O)(=O)c1ccc(Cl)c(NC(=O)COC(=O)c2cc([N+](=O)[O-])ccc2N2CCOCC2)c1. The summed E-state index contributed by atoms with van der Waals surface area (Å²) in [5, 5.41) is 13.6. The van der Waals surface area contributed by atoms with Gasteiger partial charge in [0.15, 0.2) is 16.4 Å². The molecule has 1 N–H and O–H groups in total. The molecule has 1 saturated heterocycles. The largest absolute Gasteiger partial charge is 0.452 e. The number of morpholine rings is 1. The summed E-state index contributed by atoms with van der Waals surface area (Å²) in [5.41, 5.74) is 0.104. The second kappa shape index (κ2) is 10.1. The molecule has 2 aromatic rings. The highest BCUT2D eigenvalue weighted by atomic mass is 35.5. The zero-order valence-corrected chi connectivity index (χ0v) is 19.0. The van der Waals surface area contributed by atoms with Crippen molar-refractivity contribution in [3.05, 3.63) is 57.1 Å². The van der Waals surface area contributed by atoms with Gasteiger partial charge in [-0.3, -0.25) is 14.9 Å². The van der Waals surface area contributed by atoms with Crippen LogP contribution in [0.15, 0.2) is 41.3 Å². The lowest BCUT2D eigenvalue weighted by molar-refractivity contribution is -0.384. The number of anilines is 2. The number of hydrogen-bond donors (Lipinski definition) is 1. The standard InChI is InChI=1S/C20H20ClN3O8S/c1-33(29,30)14-3-4-16(21)17(11-14)22-19(25)12-32-20(26)15-10-13(24(27)28)2-5-18(15)23-6-8-31-9-7-23/h2-5,10-11H,6-9,12H2,1H3,(H,22,25). The average molecular weight is 498 g/mol. The van der Waals surface area contributed by atoms with Gasteiger partial charge in [0.1, 0.15) is 0 Å². The fraction of sp³-hybridized carbons (Fsp3) is 0.300. The van der Waals surface area contributed by atoms with Crippen LogP contribution in [0.2, 0.25) is 5.02 Å². The molecule has 1 fully saturated rings. The van der Waals surface area contributed by atoms with E-state index in [9.17, 15) is 28.1 Å². The number of ether oxygens (including phenoxy) is 2. The molecule has 1 aliphatic rings. The lowest BCUT2D eigenvalue weighted by Crippen LogP contribution is -2.37. The number of hydrogen-bond acceptors (Lipinski definition) is 9. The topological polar surface area (TPSA) is 145 Å². The lowest BCUT2D eigenvalue weighted by Gasteiger charge is -2.30. The van der Waals surface area contributed by atoms with E-state index in [1.165, 1.54) is 30.3 Å². The van der Waals surface area contributed by atoms with E-state index < -0.39 is 33.2 Å². The van der Waals surface area contributed by atoms with Gasteiger partial charge in [-0.1, -0.05) is 11.6 Å². The Bertz CT molecular complexity index is 1200. The molecule has 1 heterocycles. The van der Waals surface area contributed by atoms with Gasteiger partial charge in [0.2, 0.25) is 0 Å². The summed E-state index contributed by atoms with van der Waals surface area (Å²) in [4.78, 5) is 37.3. The van der Waals surface area contributed by atoms with Crippen LogP contribution >= 0.6 is 11.6 Å². The summed E-state index contributed by atoms with van der Waals surface area (Å²) in [7, 11) is -3.53. The van der Waals surface area contributed by atoms with Crippen LogP contribution in [0.5, 0.6) is 0 Å². The van der Waals surface area contributed by atoms with Crippen molar-refractivity contribution in [2.75, 3.05) is 49.4 Å². The molecule has 0 aromatic heterocycles. The van der Waals surface area contributed by atoms with Gasteiger partial charge >= 0.3 is 5.97 Å². The molecule has 0 aliphatic carbocycles. The number of amides is 1. The van der Waals surface area contributed by atoms with Crippen molar-refractivity contribution < 1.29 is 32.4 Å². The lowest BCUT2D eigenvalue weighted by atomic mass is 10.1. The third-order valence-corrected chi connectivity index (χ3v) is 6.18. The Kier molecular flexibility index (Phi) is 7.51. The fourth-order valence-electron chi connectivity index (χ4n) is 3.11. The van der Waals surface area contributed by atoms with Crippen molar-refractivity contribution in [1.29, 1.82) is 0 Å². The highest BCUT2D eigenvalue weighted by Crippen LogP contribution is 2.28. The molecule has 13 heteroatoms. The minimum Gasteiger partial charge on any atom is -0.452 e. The van der Waals surface area contributed by atoms with Crippen molar-refractivity contribution in [2.24, 2.45) is 0 Å². The normalized spacial score (nSPS) is 13.9. The Morgan fingerprint density at radius 1 is 1.21 bits per heavy atom. The number of benzene rings is 2. The number of non-ortho nitro benzene ring substituents is 1. The summed E-state index contributed by atoms with van der Waals surface area (Å²) in [5.74, 6) is -1.69. The van der Waals surface area contributed by atoms with Crippen LogP contribution in [0.1, 0.15) is 10.4 Å². The van der Waals surface area contributed by atoms with Crippen LogP contribution < -0.4 is 10.2 Å². The molecule has 1 amide bonds. The van der Waals surface area contributed by atoms with Crippen LogP contribution in [-0.2, 0) is 24.1 Å². The van der Waals surface area contributed by atoms with E-state index in [1.54, 1.807) is 0 Å². The Labute approximate surface area is 194 Å². The van der Waals surface area contributed by atoms with Crippen LogP contribution in [0.25, 0.3) is 0 Å². The van der Waals surface area contributed by atoms with Crippen LogP contribution in [-0.4, -0.2) is 64.4 Å². The number of halogens is 1. The first kappa shape index (κ1) is 24.4. The van der Waals surface area contributed by atoms with Crippen LogP contribution in [0, 0.1) is 10.1 Å². The van der Waals surface area contributed by atoms with Crippen molar-refractivity contribution in [3.63, 3.8) is 0 Å². The van der Waals surface area contributed by atoms with E-state index in [4.69, 9.17) is 21.1 Å². The predicted octanol–water partition coefficient (Wildman–Crippen LogP) is 2.28. The number of carbonyl (C=O) groups excluding carboxylic acids is 2. The molecule has 0 unspecified atom stereocenters. The minimum absolute atomic E-state index is 0.0324. The van der Waals surface area contributed by atoms with E-state index in [0.29, 0.717) is 32.0 Å². The number of rotatable bonds is 7. The molecule has 1 aliphatic heterocycles. The molecule has 3 rings (SSSR count). The number of nitrogens with one attached hydrogen (secondary N) is 1. The van der Waals surface area contributed by atoms with Crippen molar-refractivity contribution in [3.8, 4) is 0 Å². The number of nitro groups is 1. The zero-order valence-electron chi connectivity index (χ0n) is 17.4. The first-order chi connectivity index (χ1) is 15.6. The summed E-state index contributed by atoms with van der Waals surface area (Å²) >= 11 is 6.01. The van der Waals surface area contributed by atoms with Gasteiger partial charge in [0.05, 0.1) is 45.0 Å². The van der Waals surface area contributed by atoms with Crippen molar-refractivity contribution in [1.82, 2.24) is 0 Å². The number of esters is 1. The van der Waals surface area contributed by atoms with E-state index in [1.807, 2.05) is 4.90 Å². The van der Waals surface area contributed by atoms with Gasteiger partial charge < -0.3 is 19.7 Å². The molecule has 0 radical (unpaired) electrons. The van der Waals surface area contributed by atoms with E-state index >= 15 is 0 Å². The molecule has 176 valence electrons. The molecule has 11 nitrogen and oxygen atoms in total. The Morgan fingerprint density at radius 2 is 1.91 bits per heavy atom. The zero-order chi connectivity index (χ0) is 24.2. The van der Waals surface area contributed by atoms with Gasteiger partial charge in [-0.25, -0.2) is 13.2 Å². The molecule has 0 bridgehead atoms. The number of carbonyl (C=O) groups is 2. The number of sulfone groups is 1. The monoisotopic (exact) mass is 497 g/mol. The molecule has 0 saturated carbocycles. The second-order valence-electron chi connectivity index (χ2n) is 7.10. The summed E-state index contributed by atoms with van der Waals surface area (Å²) in [6.07, 6.45) is 1.01. The first-order valence-electron chi connectivity index (χ1n) is 9.64. The van der Waals surface area contributed by atoms with Gasteiger partial charge in [0.25, 0.3) is 11.6 Å². The molecular formula is C20H20ClN3O8S. The van der Waals surface area contributed by atoms with Crippen LogP contribution in [0.4, 0.5) is 17.1 Å². The first-order valence-corrected chi connectivity index (χ1v) is 11.9. The summed E-state index contributed by atoms with van der Waals surface area (Å²) in [6.45, 7) is 1.10. The van der Waals surface area contributed by atoms with Gasteiger partial charge in [0, 0.05) is 31.5 Å². The Balaban J connectivity index is 1.74. The van der Waals surface area contributed by atoms with Crippen molar-refractivity contribution in [2.45, 2.75) is 4.90 Å². The van der Waals surface area contributed by atoms with Gasteiger partial charge in [-0.2, -0.15) is 0 Å². The molecule has 0 spiro atoms. The van der Waals surface area contributed by atoms with Gasteiger partial charge in [-0.15, -0.1) is 0 Å². The number of nitro benzene ring substituents is 1. The number of nitrogens with zero attached hydrogens (tertiary/aromatic N) is 2. The quantitative estimate of drug-likeness (QED) is 0.346. The maximum Gasteiger partial charge on any atom is 0.341 e. The van der Waals surface area contributed by atoms with Crippen LogP contribution in [0.3, 0.4) is 0 Å². The minimum atomic E-state index is -3.53. The van der Waals surface area contributed by atoms with E-state index in [-0.39, 0.29) is 26.9 Å². The molecule has 33 heavy (non-hydrogen) atoms. The van der Waals surface area contributed by atoms with Gasteiger partial charge in [-0.05, 0) is 24.3 Å². The molecule has 0 atom stereocenters. The Morgan fingerprint density at radius 3 is 2.55 bits per heavy atom. The third-order valence-electron chi connectivity index (χ3n) is 4.74. The predicted molar refractivity (Wildman–Crippen MR) is 120 cm³/mol. The fourth-order valence-corrected chi connectivity index (χ4v) is 3.92. The van der Waals surface area contributed by atoms with E-state index in [2.05, 4.69) is 5.32 Å². The van der Waals surface area contributed by atoms with Crippen molar-refractivity contribution >= 4 is 50.4 Å². The third kappa shape index (κ3) is 6.18. The highest BCUT2D eigenvalue weighted by molar-refractivity contribution is 7.90. The second-order valence-corrected chi connectivity index (χ2v) is 9.52. The van der Waals surface area contributed by atoms with E-state index in [0.717, 1.165) is 12.3 Å². The smallest absolute Gasteiger partial charge is 0.341 e. The molecular weight excluding hydrogens is 478 g/mol. The summed E-state index contributed by atoms with van der Waals surface area (Å²) < 4.78 is 33.8. The summed E-state index contributed by atoms with van der Waals surface area (Å²) in [6, 6.07) is 7.63. The Hall–Kier alpha value is -3.22. The average Bonchev–Trinajstić information content (AvgIpc) is 2.78. The highest BCUT2D eigenvalue weighted by Gasteiger charge is 2.24. The molecule has 2 aromatic carbocycles. The maximum atomic E-state index is 12.7.